The van der Waals surface area contributed by atoms with Gasteiger partial charge < -0.3 is 20.4 Å². The number of anilines is 1. The molecule has 2 aromatic carbocycles. The standard InChI is InChI=1S/C25H32N4O3S/c1-33-16-9-22(26-18-30)23(31)29-15-12-25(17-29)10-13-28(14-11-25)24(32)27-21-8-4-6-19-5-2-3-7-20(19)21/h2-8,18,22H,9-17H2,1H3,(H,26,30)(H,27,32)/t22-/m0/s1. The Balaban J connectivity index is 1.33. The highest BCUT2D eigenvalue weighted by atomic mass is 32.2. The van der Waals surface area contributed by atoms with Crippen LogP contribution in [-0.4, -0.2) is 72.4 Å². The lowest BCUT2D eigenvalue weighted by Crippen LogP contribution is -2.48. The van der Waals surface area contributed by atoms with Crippen LogP contribution in [0.4, 0.5) is 10.5 Å². The number of likely N-dealkylation sites (tertiary alicyclic amines) is 2. The van der Waals surface area contributed by atoms with E-state index in [0.29, 0.717) is 32.5 Å². The van der Waals surface area contributed by atoms with Crippen molar-refractivity contribution in [2.45, 2.75) is 31.7 Å². The third-order valence-electron chi connectivity index (χ3n) is 7.07. The molecule has 1 atom stereocenters. The van der Waals surface area contributed by atoms with E-state index in [1.54, 1.807) is 11.8 Å². The van der Waals surface area contributed by atoms with Gasteiger partial charge in [-0.3, -0.25) is 9.59 Å². The molecule has 0 aromatic heterocycles. The normalized spacial score (nSPS) is 18.3. The van der Waals surface area contributed by atoms with Gasteiger partial charge in [0.05, 0.1) is 5.69 Å². The minimum absolute atomic E-state index is 0.0177. The first-order valence-electron chi connectivity index (χ1n) is 11.6. The van der Waals surface area contributed by atoms with E-state index in [1.807, 2.05) is 58.5 Å². The highest BCUT2D eigenvalue weighted by Crippen LogP contribution is 2.40. The second-order valence-electron chi connectivity index (χ2n) is 9.07. The Morgan fingerprint density at radius 1 is 1.06 bits per heavy atom. The van der Waals surface area contributed by atoms with E-state index in [2.05, 4.69) is 10.6 Å². The summed E-state index contributed by atoms with van der Waals surface area (Å²) in [6.45, 7) is 2.79. The zero-order valence-corrected chi connectivity index (χ0v) is 19.9. The van der Waals surface area contributed by atoms with Crippen molar-refractivity contribution in [3.63, 3.8) is 0 Å². The van der Waals surface area contributed by atoms with Crippen molar-refractivity contribution >= 4 is 46.6 Å². The second kappa shape index (κ2) is 10.5. The molecule has 2 heterocycles. The predicted octanol–water partition coefficient (Wildman–Crippen LogP) is 3.55. The SMILES string of the molecule is CSCC[C@H](NC=O)C(=O)N1CCC2(CCN(C(=O)Nc3cccc4ccccc34)CC2)C1. The van der Waals surface area contributed by atoms with Gasteiger partial charge in [0.1, 0.15) is 6.04 Å². The molecule has 2 fully saturated rings. The van der Waals surface area contributed by atoms with Crippen molar-refractivity contribution in [3.05, 3.63) is 42.5 Å². The molecule has 1 spiro atoms. The maximum atomic E-state index is 13.0. The number of benzene rings is 2. The molecule has 176 valence electrons. The number of hydrogen-bond donors (Lipinski definition) is 2. The molecule has 0 aliphatic carbocycles. The van der Waals surface area contributed by atoms with Crippen molar-refractivity contribution in [1.82, 2.24) is 15.1 Å². The molecule has 0 saturated carbocycles. The van der Waals surface area contributed by atoms with Gasteiger partial charge in [0.15, 0.2) is 0 Å². The number of thioether (sulfide) groups is 1. The van der Waals surface area contributed by atoms with E-state index in [1.165, 1.54) is 0 Å². The van der Waals surface area contributed by atoms with Crippen LogP contribution >= 0.6 is 11.8 Å². The van der Waals surface area contributed by atoms with Gasteiger partial charge in [0, 0.05) is 31.6 Å². The largest absolute Gasteiger partial charge is 0.347 e. The fourth-order valence-corrected chi connectivity index (χ4v) is 5.53. The van der Waals surface area contributed by atoms with Crippen LogP contribution in [0.2, 0.25) is 0 Å². The van der Waals surface area contributed by atoms with Gasteiger partial charge >= 0.3 is 6.03 Å². The summed E-state index contributed by atoms with van der Waals surface area (Å²) in [7, 11) is 0. The van der Waals surface area contributed by atoms with Gasteiger partial charge in [-0.15, -0.1) is 0 Å². The molecule has 2 aliphatic heterocycles. The van der Waals surface area contributed by atoms with Crippen molar-refractivity contribution in [2.75, 3.05) is 43.5 Å². The van der Waals surface area contributed by atoms with E-state index in [0.717, 1.165) is 48.0 Å². The molecular formula is C25H32N4O3S. The van der Waals surface area contributed by atoms with Gasteiger partial charge in [-0.2, -0.15) is 11.8 Å². The van der Waals surface area contributed by atoms with Crippen molar-refractivity contribution in [2.24, 2.45) is 5.41 Å². The molecule has 4 rings (SSSR count). The highest BCUT2D eigenvalue weighted by molar-refractivity contribution is 7.98. The van der Waals surface area contributed by atoms with E-state index in [9.17, 15) is 14.4 Å². The Labute approximate surface area is 199 Å². The number of fused-ring (bicyclic) bond motifs is 1. The Kier molecular flexibility index (Phi) is 7.42. The summed E-state index contributed by atoms with van der Waals surface area (Å²) >= 11 is 1.67. The minimum atomic E-state index is -0.448. The summed E-state index contributed by atoms with van der Waals surface area (Å²) < 4.78 is 0. The maximum Gasteiger partial charge on any atom is 0.321 e. The average molecular weight is 469 g/mol. The Bertz CT molecular complexity index is 1000. The van der Waals surface area contributed by atoms with Crippen molar-refractivity contribution in [1.29, 1.82) is 0 Å². The van der Waals surface area contributed by atoms with Crippen LogP contribution in [0, 0.1) is 5.41 Å². The van der Waals surface area contributed by atoms with E-state index >= 15 is 0 Å². The Hall–Kier alpha value is -2.74. The Morgan fingerprint density at radius 2 is 1.76 bits per heavy atom. The first kappa shape index (κ1) is 23.4. The Morgan fingerprint density at radius 3 is 2.48 bits per heavy atom. The van der Waals surface area contributed by atoms with Gasteiger partial charge in [0.2, 0.25) is 12.3 Å². The van der Waals surface area contributed by atoms with Gasteiger partial charge in [-0.05, 0) is 54.6 Å². The van der Waals surface area contributed by atoms with Crippen LogP contribution in [0.5, 0.6) is 0 Å². The van der Waals surface area contributed by atoms with Crippen molar-refractivity contribution in [3.8, 4) is 0 Å². The lowest BCUT2D eigenvalue weighted by Gasteiger charge is -2.39. The summed E-state index contributed by atoms with van der Waals surface area (Å²) in [5.41, 5.74) is 0.895. The number of amides is 4. The molecule has 2 aromatic rings. The summed E-state index contributed by atoms with van der Waals surface area (Å²) in [5, 5.41) is 7.92. The molecule has 0 bridgehead atoms. The van der Waals surface area contributed by atoms with Crippen LogP contribution in [0.25, 0.3) is 10.8 Å². The van der Waals surface area contributed by atoms with E-state index < -0.39 is 6.04 Å². The second-order valence-corrected chi connectivity index (χ2v) is 10.1. The molecule has 8 heteroatoms. The summed E-state index contributed by atoms with van der Waals surface area (Å²) in [4.78, 5) is 40.7. The molecule has 33 heavy (non-hydrogen) atoms. The molecule has 2 saturated heterocycles. The molecule has 4 amide bonds. The molecule has 0 unspecified atom stereocenters. The highest BCUT2D eigenvalue weighted by Gasteiger charge is 2.43. The van der Waals surface area contributed by atoms with Crippen LogP contribution in [0.1, 0.15) is 25.7 Å². The summed E-state index contributed by atoms with van der Waals surface area (Å²) in [5.74, 6) is 0.848. The zero-order valence-electron chi connectivity index (χ0n) is 19.1. The first-order valence-corrected chi connectivity index (χ1v) is 13.0. The number of carbonyl (C=O) groups excluding carboxylic acids is 3. The maximum absolute atomic E-state index is 13.0. The number of nitrogens with zero attached hydrogens (tertiary/aromatic N) is 2. The number of urea groups is 1. The molecule has 2 N–H and O–H groups in total. The van der Waals surface area contributed by atoms with E-state index in [-0.39, 0.29) is 17.4 Å². The van der Waals surface area contributed by atoms with Gasteiger partial charge in [-0.1, -0.05) is 36.4 Å². The zero-order chi connectivity index (χ0) is 23.3. The number of hydrogen-bond acceptors (Lipinski definition) is 4. The number of nitrogens with one attached hydrogen (secondary N) is 2. The molecular weight excluding hydrogens is 436 g/mol. The summed E-state index contributed by atoms with van der Waals surface area (Å²) in [6, 6.07) is 13.5. The third-order valence-corrected chi connectivity index (χ3v) is 7.71. The number of rotatable bonds is 7. The van der Waals surface area contributed by atoms with Crippen molar-refractivity contribution < 1.29 is 14.4 Å². The quantitative estimate of drug-likeness (QED) is 0.609. The predicted molar refractivity (Wildman–Crippen MR) is 133 cm³/mol. The third kappa shape index (κ3) is 5.27. The molecule has 7 nitrogen and oxygen atoms in total. The molecule has 2 aliphatic rings. The monoisotopic (exact) mass is 468 g/mol. The smallest absolute Gasteiger partial charge is 0.321 e. The lowest BCUT2D eigenvalue weighted by molar-refractivity contribution is -0.134. The average Bonchev–Trinajstić information content (AvgIpc) is 3.25. The first-order chi connectivity index (χ1) is 16.0. The van der Waals surface area contributed by atoms with E-state index in [4.69, 9.17) is 0 Å². The van der Waals surface area contributed by atoms with Crippen LogP contribution in [0.3, 0.4) is 0 Å². The lowest BCUT2D eigenvalue weighted by atomic mass is 9.78. The van der Waals surface area contributed by atoms with Gasteiger partial charge in [-0.25, -0.2) is 4.79 Å². The fourth-order valence-electron chi connectivity index (χ4n) is 5.06. The van der Waals surface area contributed by atoms with Crippen LogP contribution < -0.4 is 10.6 Å². The number of piperidine rings is 1. The number of carbonyl (C=O) groups is 3. The summed E-state index contributed by atoms with van der Waals surface area (Å²) in [6.07, 6.45) is 5.99. The fraction of sp³-hybridized carbons (Fsp3) is 0.480. The topological polar surface area (TPSA) is 81.8 Å². The van der Waals surface area contributed by atoms with Crippen LogP contribution in [-0.2, 0) is 9.59 Å². The van der Waals surface area contributed by atoms with Gasteiger partial charge in [0.25, 0.3) is 0 Å². The molecule has 0 radical (unpaired) electrons. The van der Waals surface area contributed by atoms with Crippen LogP contribution in [0.15, 0.2) is 42.5 Å². The minimum Gasteiger partial charge on any atom is -0.347 e.